The first-order valence-corrected chi connectivity index (χ1v) is 5.35. The van der Waals surface area contributed by atoms with Crippen molar-refractivity contribution >= 4 is 5.91 Å². The molecule has 0 spiro atoms. The molecular weight excluding hydrogens is 188 g/mol. The molecule has 1 amide bonds. The zero-order valence-electron chi connectivity index (χ0n) is 9.10. The Bertz CT molecular complexity index is 350. The molecule has 0 bridgehead atoms. The van der Waals surface area contributed by atoms with Crippen molar-refractivity contribution in [1.82, 2.24) is 10.2 Å². The highest BCUT2D eigenvalue weighted by Crippen LogP contribution is 2.23. The number of benzene rings is 1. The second-order valence-corrected chi connectivity index (χ2v) is 3.81. The Hall–Kier alpha value is -1.35. The van der Waals surface area contributed by atoms with Crippen LogP contribution in [-0.4, -0.2) is 23.5 Å². The smallest absolute Gasteiger partial charge is 0.245 e. The summed E-state index contributed by atoms with van der Waals surface area (Å²) in [6.07, 6.45) is 0.132. The highest BCUT2D eigenvalue weighted by atomic mass is 16.2. The molecule has 0 aromatic heterocycles. The zero-order chi connectivity index (χ0) is 10.8. The van der Waals surface area contributed by atoms with E-state index >= 15 is 0 Å². The third kappa shape index (κ3) is 1.75. The van der Waals surface area contributed by atoms with E-state index < -0.39 is 0 Å². The van der Waals surface area contributed by atoms with Crippen molar-refractivity contribution in [1.29, 1.82) is 0 Å². The van der Waals surface area contributed by atoms with Crippen molar-refractivity contribution in [3.05, 3.63) is 35.9 Å². The molecule has 2 unspecified atom stereocenters. The van der Waals surface area contributed by atoms with E-state index in [1.54, 1.807) is 0 Å². The Labute approximate surface area is 90.1 Å². The molecule has 3 heteroatoms. The first-order chi connectivity index (χ1) is 7.24. The van der Waals surface area contributed by atoms with E-state index in [0.717, 1.165) is 12.1 Å². The van der Waals surface area contributed by atoms with Crippen LogP contribution in [0.15, 0.2) is 30.3 Å². The third-order valence-electron chi connectivity index (χ3n) is 2.88. The summed E-state index contributed by atoms with van der Waals surface area (Å²) in [7, 11) is 0. The van der Waals surface area contributed by atoms with Crippen molar-refractivity contribution in [3.8, 4) is 0 Å². The van der Waals surface area contributed by atoms with Crippen molar-refractivity contribution in [2.75, 3.05) is 6.54 Å². The number of carbonyl (C=O) groups excluding carboxylic acids is 1. The van der Waals surface area contributed by atoms with Crippen molar-refractivity contribution in [2.24, 2.45) is 0 Å². The standard InChI is InChI=1S/C12H16N2O/c1-3-14-9(2)13-11(12(14)15)10-7-5-4-6-8-10/h4-9,11,13H,3H2,1-2H3. The van der Waals surface area contributed by atoms with Gasteiger partial charge in [-0.15, -0.1) is 0 Å². The van der Waals surface area contributed by atoms with Gasteiger partial charge in [-0.25, -0.2) is 0 Å². The van der Waals surface area contributed by atoms with Gasteiger partial charge in [0.1, 0.15) is 6.04 Å². The summed E-state index contributed by atoms with van der Waals surface area (Å²) in [5, 5.41) is 3.30. The maximum absolute atomic E-state index is 12.0. The normalized spacial score (nSPS) is 26.0. The molecule has 15 heavy (non-hydrogen) atoms. The van der Waals surface area contributed by atoms with Crippen LogP contribution in [0.4, 0.5) is 0 Å². The van der Waals surface area contributed by atoms with Crippen LogP contribution < -0.4 is 5.32 Å². The number of amides is 1. The predicted molar refractivity (Wildman–Crippen MR) is 59.2 cm³/mol. The molecule has 1 aromatic carbocycles. The summed E-state index contributed by atoms with van der Waals surface area (Å²) in [6, 6.07) is 9.70. The number of carbonyl (C=O) groups is 1. The van der Waals surface area contributed by atoms with Gasteiger partial charge in [0.25, 0.3) is 0 Å². The number of rotatable bonds is 2. The molecule has 0 aliphatic carbocycles. The maximum atomic E-state index is 12.0. The zero-order valence-corrected chi connectivity index (χ0v) is 9.10. The highest BCUT2D eigenvalue weighted by Gasteiger charge is 2.35. The summed E-state index contributed by atoms with van der Waals surface area (Å²) >= 11 is 0. The lowest BCUT2D eigenvalue weighted by atomic mass is 10.1. The molecular formula is C12H16N2O. The van der Waals surface area contributed by atoms with Crippen LogP contribution in [-0.2, 0) is 4.79 Å². The Morgan fingerprint density at radius 1 is 1.33 bits per heavy atom. The minimum atomic E-state index is -0.166. The van der Waals surface area contributed by atoms with Crippen LogP contribution in [0.2, 0.25) is 0 Å². The molecule has 1 aliphatic rings. The van der Waals surface area contributed by atoms with Crippen LogP contribution in [0.3, 0.4) is 0 Å². The number of nitrogens with zero attached hydrogens (tertiary/aromatic N) is 1. The average Bonchev–Trinajstić information content (AvgIpc) is 2.55. The number of nitrogens with one attached hydrogen (secondary N) is 1. The molecule has 2 atom stereocenters. The molecule has 3 nitrogen and oxygen atoms in total. The van der Waals surface area contributed by atoms with Crippen molar-refractivity contribution < 1.29 is 4.79 Å². The largest absolute Gasteiger partial charge is 0.326 e. The lowest BCUT2D eigenvalue weighted by Crippen LogP contribution is -2.34. The van der Waals surface area contributed by atoms with Gasteiger partial charge in [0.2, 0.25) is 5.91 Å². The molecule has 1 saturated heterocycles. The molecule has 1 aliphatic heterocycles. The van der Waals surface area contributed by atoms with Crippen molar-refractivity contribution in [2.45, 2.75) is 26.1 Å². The molecule has 1 aromatic rings. The molecule has 1 fully saturated rings. The van der Waals surface area contributed by atoms with Gasteiger partial charge in [-0.05, 0) is 19.4 Å². The molecule has 1 heterocycles. The summed E-state index contributed by atoms with van der Waals surface area (Å²) in [5.74, 6) is 0.177. The van der Waals surface area contributed by atoms with E-state index in [0.29, 0.717) is 0 Å². The number of hydrogen-bond donors (Lipinski definition) is 1. The fourth-order valence-corrected chi connectivity index (χ4v) is 2.07. The highest BCUT2D eigenvalue weighted by molar-refractivity contribution is 5.85. The predicted octanol–water partition coefficient (Wildman–Crippen LogP) is 1.53. The molecule has 1 N–H and O–H groups in total. The molecule has 80 valence electrons. The van der Waals surface area contributed by atoms with Gasteiger partial charge in [0.05, 0.1) is 6.17 Å². The van der Waals surface area contributed by atoms with Gasteiger partial charge in [0, 0.05) is 6.54 Å². The summed E-state index contributed by atoms with van der Waals surface area (Å²) in [6.45, 7) is 4.78. The van der Waals surface area contributed by atoms with Gasteiger partial charge < -0.3 is 4.90 Å². The lowest BCUT2D eigenvalue weighted by Gasteiger charge is -2.17. The SMILES string of the molecule is CCN1C(=O)C(c2ccccc2)NC1C. The first-order valence-electron chi connectivity index (χ1n) is 5.35. The van der Waals surface area contributed by atoms with Gasteiger partial charge in [0.15, 0.2) is 0 Å². The fourth-order valence-electron chi connectivity index (χ4n) is 2.07. The Kier molecular flexibility index (Phi) is 2.73. The first kappa shape index (κ1) is 10.2. The van der Waals surface area contributed by atoms with Crippen LogP contribution in [0.1, 0.15) is 25.5 Å². The second-order valence-electron chi connectivity index (χ2n) is 3.81. The van der Waals surface area contributed by atoms with E-state index in [9.17, 15) is 4.79 Å². The van der Waals surface area contributed by atoms with Crippen LogP contribution in [0, 0.1) is 0 Å². The Morgan fingerprint density at radius 2 is 2.00 bits per heavy atom. The summed E-state index contributed by atoms with van der Waals surface area (Å²) in [5.41, 5.74) is 1.05. The molecule has 2 rings (SSSR count). The summed E-state index contributed by atoms with van der Waals surface area (Å²) < 4.78 is 0. The second kappa shape index (κ2) is 4.03. The maximum Gasteiger partial charge on any atom is 0.245 e. The van der Waals surface area contributed by atoms with Gasteiger partial charge >= 0.3 is 0 Å². The third-order valence-corrected chi connectivity index (χ3v) is 2.88. The lowest BCUT2D eigenvalue weighted by molar-refractivity contribution is -0.129. The average molecular weight is 204 g/mol. The minimum Gasteiger partial charge on any atom is -0.326 e. The quantitative estimate of drug-likeness (QED) is 0.792. The topological polar surface area (TPSA) is 32.3 Å². The Morgan fingerprint density at radius 3 is 2.53 bits per heavy atom. The van der Waals surface area contributed by atoms with E-state index in [-0.39, 0.29) is 18.1 Å². The van der Waals surface area contributed by atoms with Gasteiger partial charge in [-0.2, -0.15) is 0 Å². The van der Waals surface area contributed by atoms with Crippen molar-refractivity contribution in [3.63, 3.8) is 0 Å². The monoisotopic (exact) mass is 204 g/mol. The van der Waals surface area contributed by atoms with E-state index in [4.69, 9.17) is 0 Å². The Balaban J connectivity index is 2.23. The van der Waals surface area contributed by atoms with Crippen LogP contribution in [0.25, 0.3) is 0 Å². The number of hydrogen-bond acceptors (Lipinski definition) is 2. The molecule has 0 radical (unpaired) electrons. The van der Waals surface area contributed by atoms with Crippen LogP contribution in [0.5, 0.6) is 0 Å². The van der Waals surface area contributed by atoms with E-state index in [1.807, 2.05) is 49.1 Å². The number of likely N-dealkylation sites (N-methyl/N-ethyl adjacent to an activating group) is 1. The minimum absolute atomic E-state index is 0.132. The fraction of sp³-hybridized carbons (Fsp3) is 0.417. The van der Waals surface area contributed by atoms with Gasteiger partial charge in [-0.3, -0.25) is 10.1 Å². The van der Waals surface area contributed by atoms with E-state index in [2.05, 4.69) is 5.32 Å². The van der Waals surface area contributed by atoms with Gasteiger partial charge in [-0.1, -0.05) is 30.3 Å². The molecule has 0 saturated carbocycles. The van der Waals surface area contributed by atoms with Crippen LogP contribution >= 0.6 is 0 Å². The van der Waals surface area contributed by atoms with E-state index in [1.165, 1.54) is 0 Å². The summed E-state index contributed by atoms with van der Waals surface area (Å²) in [4.78, 5) is 13.9.